The van der Waals surface area contributed by atoms with Crippen LogP contribution in [0, 0.1) is 12.7 Å². The summed E-state index contributed by atoms with van der Waals surface area (Å²) in [5, 5.41) is 8.44. The van der Waals surface area contributed by atoms with Crippen LogP contribution in [-0.2, 0) is 11.3 Å². The Hall–Kier alpha value is -4.26. The van der Waals surface area contributed by atoms with Crippen LogP contribution in [0.4, 0.5) is 10.2 Å². The number of anilines is 1. The summed E-state index contributed by atoms with van der Waals surface area (Å²) in [5.41, 5.74) is 2.67. The first-order valence-electron chi connectivity index (χ1n) is 10.1. The quantitative estimate of drug-likeness (QED) is 0.433. The summed E-state index contributed by atoms with van der Waals surface area (Å²) in [6.45, 7) is 1.83. The molecule has 0 aliphatic heterocycles. The van der Waals surface area contributed by atoms with Crippen LogP contribution in [-0.4, -0.2) is 20.3 Å². The first-order valence-corrected chi connectivity index (χ1v) is 10.1. The number of benzene rings is 3. The van der Waals surface area contributed by atoms with E-state index in [0.29, 0.717) is 39.0 Å². The lowest BCUT2D eigenvalue weighted by molar-refractivity contribution is -0.116. The average molecular weight is 426 g/mol. The number of hydrogen-bond donors (Lipinski definition) is 1. The van der Waals surface area contributed by atoms with Gasteiger partial charge in [-0.1, -0.05) is 24.3 Å². The van der Waals surface area contributed by atoms with Gasteiger partial charge in [-0.2, -0.15) is 5.10 Å². The fraction of sp³-hybridized carbons (Fsp3) is 0.0800. The zero-order valence-corrected chi connectivity index (χ0v) is 17.2. The van der Waals surface area contributed by atoms with Gasteiger partial charge in [0.15, 0.2) is 5.43 Å². The van der Waals surface area contributed by atoms with Gasteiger partial charge in [0, 0.05) is 16.8 Å². The van der Waals surface area contributed by atoms with Crippen molar-refractivity contribution in [2.24, 2.45) is 0 Å². The number of pyridine rings is 1. The largest absolute Gasteiger partial charge is 0.331 e. The topological polar surface area (TPSA) is 68.9 Å². The van der Waals surface area contributed by atoms with Crippen molar-refractivity contribution in [2.75, 3.05) is 5.32 Å². The molecule has 5 rings (SSSR count). The molecule has 0 spiro atoms. The third kappa shape index (κ3) is 3.43. The minimum atomic E-state index is -0.347. The maximum atomic E-state index is 13.3. The van der Waals surface area contributed by atoms with Crippen LogP contribution in [0.2, 0.25) is 0 Å². The highest BCUT2D eigenvalue weighted by atomic mass is 19.1. The highest BCUT2D eigenvalue weighted by Crippen LogP contribution is 2.21. The van der Waals surface area contributed by atoms with Gasteiger partial charge in [-0.3, -0.25) is 9.59 Å². The molecule has 0 fully saturated rings. The number of aryl methyl sites for hydroxylation is 1. The fourth-order valence-corrected chi connectivity index (χ4v) is 3.94. The number of hydrogen-bond acceptors (Lipinski definition) is 3. The number of halogens is 1. The second kappa shape index (κ2) is 7.77. The van der Waals surface area contributed by atoms with Gasteiger partial charge in [-0.25, -0.2) is 9.07 Å². The van der Waals surface area contributed by atoms with Crippen LogP contribution in [0.15, 0.2) is 83.7 Å². The Labute approximate surface area is 182 Å². The third-order valence-corrected chi connectivity index (χ3v) is 5.35. The smallest absolute Gasteiger partial charge is 0.245 e. The van der Waals surface area contributed by atoms with Crippen LogP contribution in [0.5, 0.6) is 0 Å². The third-order valence-electron chi connectivity index (χ3n) is 5.35. The van der Waals surface area contributed by atoms with Crippen molar-refractivity contribution in [2.45, 2.75) is 13.5 Å². The molecular weight excluding hydrogens is 407 g/mol. The molecule has 3 aromatic carbocycles. The van der Waals surface area contributed by atoms with Crippen LogP contribution in [0.25, 0.3) is 27.5 Å². The summed E-state index contributed by atoms with van der Waals surface area (Å²) in [6.07, 6.45) is 0. The summed E-state index contributed by atoms with van der Waals surface area (Å²) in [7, 11) is 0. The zero-order chi connectivity index (χ0) is 22.2. The maximum Gasteiger partial charge on any atom is 0.245 e. The van der Waals surface area contributed by atoms with Crippen molar-refractivity contribution in [3.8, 4) is 5.69 Å². The van der Waals surface area contributed by atoms with E-state index in [2.05, 4.69) is 10.4 Å². The Morgan fingerprint density at radius 3 is 2.16 bits per heavy atom. The van der Waals surface area contributed by atoms with E-state index in [-0.39, 0.29) is 23.7 Å². The second-order valence-corrected chi connectivity index (χ2v) is 7.56. The molecule has 0 radical (unpaired) electrons. The van der Waals surface area contributed by atoms with Crippen molar-refractivity contribution in [1.82, 2.24) is 14.3 Å². The molecule has 0 aliphatic carbocycles. The van der Waals surface area contributed by atoms with Crippen molar-refractivity contribution in [3.63, 3.8) is 0 Å². The number of nitrogens with one attached hydrogen (secondary N) is 1. The van der Waals surface area contributed by atoms with Gasteiger partial charge in [-0.15, -0.1) is 0 Å². The Balaban J connectivity index is 1.54. The summed E-state index contributed by atoms with van der Waals surface area (Å²) in [6, 6.07) is 22.2. The molecular formula is C25H19FN4O2. The molecule has 5 aromatic rings. The number of rotatable bonds is 4. The van der Waals surface area contributed by atoms with Gasteiger partial charge in [0.1, 0.15) is 18.2 Å². The Morgan fingerprint density at radius 1 is 0.938 bits per heavy atom. The summed E-state index contributed by atoms with van der Waals surface area (Å²) >= 11 is 0. The normalized spacial score (nSPS) is 11.2. The molecule has 0 unspecified atom stereocenters. The first kappa shape index (κ1) is 19.7. The number of fused-ring (bicyclic) bond motifs is 2. The van der Waals surface area contributed by atoms with E-state index in [1.54, 1.807) is 35.0 Å². The van der Waals surface area contributed by atoms with E-state index in [0.717, 1.165) is 0 Å². The second-order valence-electron chi connectivity index (χ2n) is 7.56. The lowest BCUT2D eigenvalue weighted by Crippen LogP contribution is -2.22. The van der Waals surface area contributed by atoms with Crippen molar-refractivity contribution in [1.29, 1.82) is 0 Å². The number of carbonyl (C=O) groups is 1. The van der Waals surface area contributed by atoms with Crippen LogP contribution in [0.1, 0.15) is 5.69 Å². The van der Waals surface area contributed by atoms with Gasteiger partial charge in [0.25, 0.3) is 0 Å². The van der Waals surface area contributed by atoms with Crippen molar-refractivity contribution >= 4 is 33.5 Å². The monoisotopic (exact) mass is 426 g/mol. The van der Waals surface area contributed by atoms with E-state index >= 15 is 0 Å². The van der Waals surface area contributed by atoms with E-state index in [4.69, 9.17) is 0 Å². The van der Waals surface area contributed by atoms with Gasteiger partial charge >= 0.3 is 0 Å². The Bertz CT molecular complexity index is 1470. The van der Waals surface area contributed by atoms with E-state index in [9.17, 15) is 14.0 Å². The Morgan fingerprint density at radius 2 is 1.53 bits per heavy atom. The van der Waals surface area contributed by atoms with E-state index in [1.165, 1.54) is 12.1 Å². The summed E-state index contributed by atoms with van der Waals surface area (Å²) < 4.78 is 16.7. The minimum Gasteiger partial charge on any atom is -0.331 e. The SMILES string of the molecule is Cc1cc(NC(=O)Cn2c3ccccc3c(=O)c3ccccc32)n(-c2ccc(F)cc2)n1. The predicted octanol–water partition coefficient (Wildman–Crippen LogP) is 4.43. The fourth-order valence-electron chi connectivity index (χ4n) is 3.94. The molecule has 7 heteroatoms. The molecule has 0 aliphatic rings. The molecule has 6 nitrogen and oxygen atoms in total. The van der Waals surface area contributed by atoms with Crippen molar-refractivity contribution in [3.05, 3.63) is 101 Å². The van der Waals surface area contributed by atoms with Gasteiger partial charge < -0.3 is 9.88 Å². The minimum absolute atomic E-state index is 0.00888. The maximum absolute atomic E-state index is 13.3. The van der Waals surface area contributed by atoms with Crippen LogP contribution < -0.4 is 10.7 Å². The molecule has 0 bridgehead atoms. The summed E-state index contributed by atoms with van der Waals surface area (Å²) in [4.78, 5) is 26.0. The van der Waals surface area contributed by atoms with Gasteiger partial charge in [-0.05, 0) is 55.5 Å². The number of nitrogens with zero attached hydrogens (tertiary/aromatic N) is 3. The summed E-state index contributed by atoms with van der Waals surface area (Å²) in [5.74, 6) is -0.138. The zero-order valence-electron chi connectivity index (χ0n) is 17.2. The highest BCUT2D eigenvalue weighted by Gasteiger charge is 2.15. The van der Waals surface area contributed by atoms with Crippen molar-refractivity contribution < 1.29 is 9.18 Å². The molecule has 1 amide bonds. The van der Waals surface area contributed by atoms with Gasteiger partial charge in [0.2, 0.25) is 5.91 Å². The molecule has 2 aromatic heterocycles. The number of aromatic nitrogens is 3. The Kier molecular flexibility index (Phi) is 4.78. The lowest BCUT2D eigenvalue weighted by atomic mass is 10.1. The predicted molar refractivity (Wildman–Crippen MR) is 123 cm³/mol. The van der Waals surface area contributed by atoms with E-state index in [1.807, 2.05) is 47.9 Å². The van der Waals surface area contributed by atoms with Gasteiger partial charge in [0.05, 0.1) is 22.4 Å². The molecule has 1 N–H and O–H groups in total. The molecule has 0 saturated heterocycles. The number of para-hydroxylation sites is 2. The molecule has 0 saturated carbocycles. The van der Waals surface area contributed by atoms with Crippen LogP contribution in [0.3, 0.4) is 0 Å². The molecule has 158 valence electrons. The standard InChI is InChI=1S/C25H19FN4O2/c1-16-14-23(30(28-16)18-12-10-17(26)11-13-18)27-24(31)15-29-21-8-4-2-6-19(21)25(32)20-7-3-5-9-22(20)29/h2-14H,15H2,1H3,(H,27,31). The average Bonchev–Trinajstić information content (AvgIpc) is 3.17. The molecule has 0 atom stereocenters. The number of carbonyl (C=O) groups excluding carboxylic acids is 1. The van der Waals surface area contributed by atoms with E-state index < -0.39 is 0 Å². The molecule has 32 heavy (non-hydrogen) atoms. The van der Waals surface area contributed by atoms with Crippen LogP contribution >= 0.6 is 0 Å². The first-order chi connectivity index (χ1) is 15.5. The molecule has 2 heterocycles. The number of amides is 1. The lowest BCUT2D eigenvalue weighted by Gasteiger charge is -2.15. The highest BCUT2D eigenvalue weighted by molar-refractivity contribution is 5.97.